The molecule has 0 radical (unpaired) electrons. The Hall–Kier alpha value is -2.47. The maximum absolute atomic E-state index is 13.1. The Morgan fingerprint density at radius 3 is 2.46 bits per heavy atom. The number of fused-ring (bicyclic) bond motifs is 1. The van der Waals surface area contributed by atoms with Crippen LogP contribution < -0.4 is 0 Å². The summed E-state index contributed by atoms with van der Waals surface area (Å²) in [5.41, 5.74) is 1.92. The van der Waals surface area contributed by atoms with Crippen LogP contribution >= 0.6 is 11.6 Å². The van der Waals surface area contributed by atoms with Crippen LogP contribution in [0.15, 0.2) is 42.5 Å². The Labute approximate surface area is 152 Å². The van der Waals surface area contributed by atoms with Gasteiger partial charge in [-0.1, -0.05) is 23.7 Å². The van der Waals surface area contributed by atoms with E-state index in [4.69, 9.17) is 11.6 Å². The van der Waals surface area contributed by atoms with E-state index in [0.29, 0.717) is 27.2 Å². The first-order chi connectivity index (χ1) is 12.3. The number of hydrogen-bond acceptors (Lipinski definition) is 2. The van der Waals surface area contributed by atoms with Crippen LogP contribution in [0.3, 0.4) is 0 Å². The quantitative estimate of drug-likeness (QED) is 0.596. The van der Waals surface area contributed by atoms with E-state index in [1.165, 1.54) is 13.2 Å². The van der Waals surface area contributed by atoms with Crippen molar-refractivity contribution in [2.45, 2.75) is 19.0 Å². The van der Waals surface area contributed by atoms with Crippen LogP contribution in [0, 0.1) is 0 Å². The van der Waals surface area contributed by atoms with Crippen molar-refractivity contribution >= 4 is 28.5 Å². The molecule has 0 spiro atoms. The topological polar surface area (TPSA) is 42.1 Å². The molecule has 0 fully saturated rings. The van der Waals surface area contributed by atoms with E-state index in [2.05, 4.69) is 9.72 Å². The second-order valence-corrected chi connectivity index (χ2v) is 6.26. The Morgan fingerprint density at radius 2 is 1.85 bits per heavy atom. The molecule has 0 amide bonds. The number of nitrogens with one attached hydrogen (secondary N) is 1. The molecule has 7 heteroatoms. The van der Waals surface area contributed by atoms with Gasteiger partial charge in [-0.2, -0.15) is 13.2 Å². The van der Waals surface area contributed by atoms with Crippen molar-refractivity contribution < 1.29 is 22.7 Å². The number of aromatic amines is 1. The van der Waals surface area contributed by atoms with E-state index in [1.807, 2.05) is 0 Å². The van der Waals surface area contributed by atoms with Crippen LogP contribution in [0.25, 0.3) is 22.2 Å². The first-order valence-corrected chi connectivity index (χ1v) is 8.22. The molecule has 3 nitrogen and oxygen atoms in total. The zero-order valence-electron chi connectivity index (χ0n) is 13.8. The normalized spacial score (nSPS) is 11.7. The summed E-state index contributed by atoms with van der Waals surface area (Å²) in [5.74, 6) is -0.423. The number of ether oxygens (including phenoxy) is 1. The summed E-state index contributed by atoms with van der Waals surface area (Å²) in [5, 5.41) is 0.994. The van der Waals surface area contributed by atoms with Gasteiger partial charge in [0.05, 0.1) is 12.7 Å². The fraction of sp³-hybridized carbons (Fsp3) is 0.211. The van der Waals surface area contributed by atoms with Crippen LogP contribution in [0.5, 0.6) is 0 Å². The average Bonchev–Trinajstić information content (AvgIpc) is 2.97. The van der Waals surface area contributed by atoms with Crippen molar-refractivity contribution in [2.75, 3.05) is 7.11 Å². The van der Waals surface area contributed by atoms with Crippen molar-refractivity contribution in [1.29, 1.82) is 0 Å². The molecule has 0 aliphatic rings. The zero-order chi connectivity index (χ0) is 18.9. The highest BCUT2D eigenvalue weighted by atomic mass is 35.5. The number of carbonyl (C=O) groups excluding carboxylic acids is 1. The molecule has 0 unspecified atom stereocenters. The molecule has 0 saturated carbocycles. The van der Waals surface area contributed by atoms with Gasteiger partial charge in [0, 0.05) is 28.0 Å². The molecule has 3 rings (SSSR count). The van der Waals surface area contributed by atoms with Gasteiger partial charge in [0.15, 0.2) is 0 Å². The molecule has 0 atom stereocenters. The fourth-order valence-electron chi connectivity index (χ4n) is 2.88. The molecule has 1 aromatic heterocycles. The van der Waals surface area contributed by atoms with E-state index < -0.39 is 17.7 Å². The number of esters is 1. The number of rotatable bonds is 4. The highest BCUT2D eigenvalue weighted by Gasteiger charge is 2.31. The molecule has 0 saturated heterocycles. The van der Waals surface area contributed by atoms with Gasteiger partial charge in [0.25, 0.3) is 0 Å². The first-order valence-electron chi connectivity index (χ1n) is 7.84. The first kappa shape index (κ1) is 18.3. The van der Waals surface area contributed by atoms with Gasteiger partial charge in [-0.15, -0.1) is 0 Å². The number of methoxy groups -OCH3 is 1. The van der Waals surface area contributed by atoms with Crippen LogP contribution in [-0.2, 0) is 22.1 Å². The lowest BCUT2D eigenvalue weighted by Gasteiger charge is -2.08. The van der Waals surface area contributed by atoms with Crippen LogP contribution in [-0.4, -0.2) is 18.1 Å². The molecular formula is C19H15ClF3NO2. The van der Waals surface area contributed by atoms with Gasteiger partial charge >= 0.3 is 12.1 Å². The van der Waals surface area contributed by atoms with Gasteiger partial charge < -0.3 is 9.72 Å². The number of aryl methyl sites for hydroxylation is 1. The smallest absolute Gasteiger partial charge is 0.416 e. The van der Waals surface area contributed by atoms with Crippen molar-refractivity contribution in [3.05, 3.63) is 58.6 Å². The molecule has 0 aliphatic heterocycles. The minimum absolute atomic E-state index is 0.0697. The van der Waals surface area contributed by atoms with Gasteiger partial charge in [0.2, 0.25) is 0 Å². The Balaban J connectivity index is 2.15. The molecule has 0 bridgehead atoms. The van der Waals surface area contributed by atoms with E-state index in [1.54, 1.807) is 24.3 Å². The van der Waals surface area contributed by atoms with Crippen LogP contribution in [0.1, 0.15) is 17.5 Å². The van der Waals surface area contributed by atoms with E-state index in [0.717, 1.165) is 17.7 Å². The Bertz CT molecular complexity index is 946. The standard InChI is InChI=1S/C19H15ClF3NO2/c1-26-17(25)9-7-14-15-10-12(19(21,22)23)4-8-16(15)24-18(14)11-2-5-13(20)6-3-11/h2-6,8,10,24H,7,9H2,1H3. The summed E-state index contributed by atoms with van der Waals surface area (Å²) in [6.07, 6.45) is -4.11. The molecule has 0 aliphatic carbocycles. The van der Waals surface area contributed by atoms with E-state index >= 15 is 0 Å². The monoisotopic (exact) mass is 381 g/mol. The lowest BCUT2D eigenvalue weighted by atomic mass is 10.00. The summed E-state index contributed by atoms with van der Waals surface area (Å²) in [4.78, 5) is 14.7. The maximum Gasteiger partial charge on any atom is 0.416 e. The summed E-state index contributed by atoms with van der Waals surface area (Å²) < 4.78 is 43.9. The molecule has 1 heterocycles. The zero-order valence-corrected chi connectivity index (χ0v) is 14.5. The molecule has 1 N–H and O–H groups in total. The lowest BCUT2D eigenvalue weighted by molar-refractivity contribution is -0.140. The molecular weight excluding hydrogens is 367 g/mol. The third kappa shape index (κ3) is 3.70. The summed E-state index contributed by atoms with van der Waals surface area (Å²) >= 11 is 5.91. The van der Waals surface area contributed by atoms with E-state index in [9.17, 15) is 18.0 Å². The second kappa shape index (κ2) is 7.03. The molecule has 136 valence electrons. The van der Waals surface area contributed by atoms with Crippen molar-refractivity contribution in [1.82, 2.24) is 4.98 Å². The third-order valence-corrected chi connectivity index (χ3v) is 4.43. The number of carbonyl (C=O) groups is 1. The SMILES string of the molecule is COC(=O)CCc1c(-c2ccc(Cl)cc2)[nH]c2ccc(C(F)(F)F)cc12. The predicted octanol–water partition coefficient (Wildman–Crippen LogP) is 5.61. The van der Waals surface area contributed by atoms with Crippen molar-refractivity contribution in [2.24, 2.45) is 0 Å². The van der Waals surface area contributed by atoms with Gasteiger partial charge in [-0.3, -0.25) is 4.79 Å². The number of halogens is 4. The van der Waals surface area contributed by atoms with E-state index in [-0.39, 0.29) is 12.8 Å². The minimum atomic E-state index is -4.44. The van der Waals surface area contributed by atoms with Gasteiger partial charge in [-0.25, -0.2) is 0 Å². The summed E-state index contributed by atoms with van der Waals surface area (Å²) in [6, 6.07) is 10.5. The van der Waals surface area contributed by atoms with Gasteiger partial charge in [0.1, 0.15) is 0 Å². The van der Waals surface area contributed by atoms with Crippen molar-refractivity contribution in [3.63, 3.8) is 0 Å². The molecule has 2 aromatic carbocycles. The maximum atomic E-state index is 13.1. The summed E-state index contributed by atoms with van der Waals surface area (Å²) in [6.45, 7) is 0. The fourth-order valence-corrected chi connectivity index (χ4v) is 3.00. The Morgan fingerprint density at radius 1 is 1.15 bits per heavy atom. The van der Waals surface area contributed by atoms with Crippen molar-refractivity contribution in [3.8, 4) is 11.3 Å². The highest BCUT2D eigenvalue weighted by molar-refractivity contribution is 6.30. The lowest BCUT2D eigenvalue weighted by Crippen LogP contribution is -2.05. The second-order valence-electron chi connectivity index (χ2n) is 5.82. The number of alkyl halides is 3. The largest absolute Gasteiger partial charge is 0.469 e. The average molecular weight is 382 g/mol. The number of H-pyrrole nitrogens is 1. The molecule has 3 aromatic rings. The predicted molar refractivity (Wildman–Crippen MR) is 94.1 cm³/mol. The van der Waals surface area contributed by atoms with Gasteiger partial charge in [-0.05, 0) is 47.9 Å². The Kier molecular flexibility index (Phi) is 4.96. The number of aromatic nitrogens is 1. The van der Waals surface area contributed by atoms with Crippen LogP contribution in [0.2, 0.25) is 5.02 Å². The minimum Gasteiger partial charge on any atom is -0.469 e. The molecule has 26 heavy (non-hydrogen) atoms. The highest BCUT2D eigenvalue weighted by Crippen LogP contribution is 2.36. The number of benzene rings is 2. The number of hydrogen-bond donors (Lipinski definition) is 1. The third-order valence-electron chi connectivity index (χ3n) is 4.17. The van der Waals surface area contributed by atoms with Crippen LogP contribution in [0.4, 0.5) is 13.2 Å². The summed E-state index contributed by atoms with van der Waals surface area (Å²) in [7, 11) is 1.28.